The summed E-state index contributed by atoms with van der Waals surface area (Å²) in [5.41, 5.74) is 5.95. The number of furan rings is 1. The summed E-state index contributed by atoms with van der Waals surface area (Å²) >= 11 is 3.22. The highest BCUT2D eigenvalue weighted by Crippen LogP contribution is 2.23. The lowest BCUT2D eigenvalue weighted by atomic mass is 10.0. The van der Waals surface area contributed by atoms with E-state index in [1.54, 1.807) is 36.2 Å². The van der Waals surface area contributed by atoms with E-state index in [0.29, 0.717) is 22.5 Å². The first-order chi connectivity index (χ1) is 9.47. The molecule has 0 bridgehead atoms. The van der Waals surface area contributed by atoms with Gasteiger partial charge in [0.1, 0.15) is 17.6 Å². The average molecular weight is 341 g/mol. The molecule has 2 rings (SSSR count). The van der Waals surface area contributed by atoms with Crippen molar-refractivity contribution in [2.45, 2.75) is 12.6 Å². The van der Waals surface area contributed by atoms with Crippen LogP contribution in [0.2, 0.25) is 0 Å². The van der Waals surface area contributed by atoms with Crippen LogP contribution in [0.3, 0.4) is 0 Å². The predicted octanol–water partition coefficient (Wildman–Crippen LogP) is 2.84. The van der Waals surface area contributed by atoms with Crippen LogP contribution >= 0.6 is 15.9 Å². The second-order valence-corrected chi connectivity index (χ2v) is 5.26. The molecular formula is C14H14BrFN2O2. The number of likely N-dealkylation sites (N-methyl/N-ethyl adjacent to an activating group) is 1. The van der Waals surface area contributed by atoms with Crippen molar-refractivity contribution in [1.29, 1.82) is 0 Å². The van der Waals surface area contributed by atoms with Gasteiger partial charge in [0.15, 0.2) is 4.67 Å². The van der Waals surface area contributed by atoms with Crippen LogP contribution in [0.15, 0.2) is 45.5 Å². The Morgan fingerprint density at radius 3 is 2.75 bits per heavy atom. The lowest BCUT2D eigenvalue weighted by Gasteiger charge is -2.24. The number of hydrogen-bond acceptors (Lipinski definition) is 3. The average Bonchev–Trinajstić information content (AvgIpc) is 2.74. The van der Waals surface area contributed by atoms with Gasteiger partial charge in [0.25, 0.3) is 0 Å². The third-order valence-corrected chi connectivity index (χ3v) is 3.33. The summed E-state index contributed by atoms with van der Waals surface area (Å²) in [7, 11) is 1.73. The normalized spacial score (nSPS) is 12.6. The molecule has 0 saturated carbocycles. The SMILES string of the molecule is CN(Cc1ccc(Br)o1)[C@H](C(N)=O)c1cccc(F)c1. The number of carbonyl (C=O) groups is 1. The molecule has 0 aliphatic rings. The van der Waals surface area contributed by atoms with E-state index in [0.717, 1.165) is 0 Å². The smallest absolute Gasteiger partial charge is 0.239 e. The molecule has 0 spiro atoms. The van der Waals surface area contributed by atoms with Crippen molar-refractivity contribution >= 4 is 21.8 Å². The first-order valence-corrected chi connectivity index (χ1v) is 6.76. The molecule has 0 aliphatic heterocycles. The number of rotatable bonds is 5. The van der Waals surface area contributed by atoms with E-state index < -0.39 is 17.8 Å². The molecule has 1 aromatic heterocycles. The number of benzene rings is 1. The zero-order valence-electron chi connectivity index (χ0n) is 10.8. The van der Waals surface area contributed by atoms with E-state index in [4.69, 9.17) is 10.2 Å². The van der Waals surface area contributed by atoms with Crippen molar-refractivity contribution in [3.05, 3.63) is 58.2 Å². The van der Waals surface area contributed by atoms with Gasteiger partial charge in [-0.15, -0.1) is 0 Å². The Morgan fingerprint density at radius 2 is 2.20 bits per heavy atom. The zero-order chi connectivity index (χ0) is 14.7. The minimum atomic E-state index is -0.713. The van der Waals surface area contributed by atoms with Crippen molar-refractivity contribution in [3.63, 3.8) is 0 Å². The van der Waals surface area contributed by atoms with Gasteiger partial charge in [0.05, 0.1) is 6.54 Å². The Bertz CT molecular complexity index is 615. The molecule has 2 aromatic rings. The fourth-order valence-corrected chi connectivity index (χ4v) is 2.43. The summed E-state index contributed by atoms with van der Waals surface area (Å²) < 4.78 is 19.3. The number of amides is 1. The monoisotopic (exact) mass is 340 g/mol. The van der Waals surface area contributed by atoms with Gasteiger partial charge in [-0.1, -0.05) is 12.1 Å². The molecule has 20 heavy (non-hydrogen) atoms. The Balaban J connectivity index is 2.22. The fraction of sp³-hybridized carbons (Fsp3) is 0.214. The molecule has 1 amide bonds. The van der Waals surface area contributed by atoms with Crippen molar-refractivity contribution in [3.8, 4) is 0 Å². The lowest BCUT2D eigenvalue weighted by molar-refractivity contribution is -0.123. The topological polar surface area (TPSA) is 59.5 Å². The van der Waals surface area contributed by atoms with Gasteiger partial charge in [0.2, 0.25) is 5.91 Å². The summed E-state index contributed by atoms with van der Waals surface area (Å²) in [6.07, 6.45) is 0. The van der Waals surface area contributed by atoms with Gasteiger partial charge >= 0.3 is 0 Å². The highest BCUT2D eigenvalue weighted by molar-refractivity contribution is 9.10. The first kappa shape index (κ1) is 14.7. The highest BCUT2D eigenvalue weighted by atomic mass is 79.9. The minimum Gasteiger partial charge on any atom is -0.453 e. The third kappa shape index (κ3) is 3.46. The number of nitrogens with zero attached hydrogens (tertiary/aromatic N) is 1. The van der Waals surface area contributed by atoms with E-state index in [1.807, 2.05) is 0 Å². The molecular weight excluding hydrogens is 327 g/mol. The fourth-order valence-electron chi connectivity index (χ4n) is 2.09. The van der Waals surface area contributed by atoms with Gasteiger partial charge in [0, 0.05) is 0 Å². The van der Waals surface area contributed by atoms with E-state index in [9.17, 15) is 9.18 Å². The Morgan fingerprint density at radius 1 is 1.45 bits per heavy atom. The maximum Gasteiger partial charge on any atom is 0.239 e. The van der Waals surface area contributed by atoms with Gasteiger partial charge in [-0.3, -0.25) is 9.69 Å². The molecule has 1 heterocycles. The predicted molar refractivity (Wildman–Crippen MR) is 76.2 cm³/mol. The van der Waals surface area contributed by atoms with Crippen molar-refractivity contribution in [1.82, 2.24) is 4.90 Å². The van der Waals surface area contributed by atoms with Crippen molar-refractivity contribution in [2.24, 2.45) is 5.73 Å². The van der Waals surface area contributed by atoms with Crippen LogP contribution in [0.5, 0.6) is 0 Å². The van der Waals surface area contributed by atoms with Crippen LogP contribution in [0.25, 0.3) is 0 Å². The number of carbonyl (C=O) groups excluding carboxylic acids is 1. The summed E-state index contributed by atoms with van der Waals surface area (Å²) in [5, 5.41) is 0. The van der Waals surface area contributed by atoms with E-state index >= 15 is 0 Å². The van der Waals surface area contributed by atoms with E-state index in [1.165, 1.54) is 12.1 Å². The first-order valence-electron chi connectivity index (χ1n) is 5.96. The summed E-state index contributed by atoms with van der Waals surface area (Å²) in [6.45, 7) is 0.385. The standard InChI is InChI=1S/C14H14BrFN2O2/c1-18(8-11-5-6-12(15)20-11)13(14(17)19)9-3-2-4-10(16)7-9/h2-7,13H,8H2,1H3,(H2,17,19)/t13-/m0/s1. The number of hydrogen-bond donors (Lipinski definition) is 1. The molecule has 1 aromatic carbocycles. The minimum absolute atomic E-state index is 0.385. The van der Waals surface area contributed by atoms with E-state index in [2.05, 4.69) is 15.9 Å². The van der Waals surface area contributed by atoms with Crippen LogP contribution in [-0.4, -0.2) is 17.9 Å². The van der Waals surface area contributed by atoms with Crippen LogP contribution in [0.4, 0.5) is 4.39 Å². The summed E-state index contributed by atoms with van der Waals surface area (Å²) in [4.78, 5) is 13.4. The maximum absolute atomic E-state index is 13.3. The van der Waals surface area contributed by atoms with Gasteiger partial charge in [-0.2, -0.15) is 0 Å². The summed E-state index contributed by atoms with van der Waals surface area (Å²) in [6, 6.07) is 8.71. The Labute approximate surface area is 124 Å². The lowest BCUT2D eigenvalue weighted by Crippen LogP contribution is -2.34. The Hall–Kier alpha value is -1.66. The van der Waals surface area contributed by atoms with Crippen molar-refractivity contribution in [2.75, 3.05) is 7.05 Å². The van der Waals surface area contributed by atoms with Crippen LogP contribution in [0.1, 0.15) is 17.4 Å². The number of primary amides is 1. The molecule has 2 N–H and O–H groups in total. The maximum atomic E-state index is 13.3. The molecule has 106 valence electrons. The number of nitrogens with two attached hydrogens (primary N) is 1. The Kier molecular flexibility index (Phi) is 4.57. The molecule has 4 nitrogen and oxygen atoms in total. The zero-order valence-corrected chi connectivity index (χ0v) is 12.4. The molecule has 0 aliphatic carbocycles. The largest absolute Gasteiger partial charge is 0.453 e. The number of halogens is 2. The highest BCUT2D eigenvalue weighted by Gasteiger charge is 2.24. The molecule has 0 unspecified atom stereocenters. The van der Waals surface area contributed by atoms with Crippen LogP contribution in [0, 0.1) is 5.82 Å². The second kappa shape index (κ2) is 6.19. The summed E-state index contributed by atoms with van der Waals surface area (Å²) in [5.74, 6) is -0.256. The van der Waals surface area contributed by atoms with Crippen LogP contribution < -0.4 is 5.73 Å². The van der Waals surface area contributed by atoms with Gasteiger partial charge < -0.3 is 10.2 Å². The third-order valence-electron chi connectivity index (χ3n) is 2.91. The second-order valence-electron chi connectivity index (χ2n) is 4.48. The quantitative estimate of drug-likeness (QED) is 0.910. The van der Waals surface area contributed by atoms with Crippen LogP contribution in [-0.2, 0) is 11.3 Å². The van der Waals surface area contributed by atoms with Gasteiger partial charge in [-0.05, 0) is 52.8 Å². The molecule has 0 saturated heterocycles. The molecule has 6 heteroatoms. The van der Waals surface area contributed by atoms with Crippen molar-refractivity contribution < 1.29 is 13.6 Å². The molecule has 1 atom stereocenters. The van der Waals surface area contributed by atoms with Gasteiger partial charge in [-0.25, -0.2) is 4.39 Å². The molecule has 0 fully saturated rings. The van der Waals surface area contributed by atoms with E-state index in [-0.39, 0.29) is 0 Å². The molecule has 0 radical (unpaired) electrons.